The minimum atomic E-state index is -0.453. The van der Waals surface area contributed by atoms with E-state index in [4.69, 9.17) is 4.74 Å². The van der Waals surface area contributed by atoms with Gasteiger partial charge >= 0.3 is 0 Å². The highest BCUT2D eigenvalue weighted by molar-refractivity contribution is 5.97. The number of hydrogen-bond donors (Lipinski definition) is 3. The molecule has 0 aromatic heterocycles. The molecule has 0 bridgehead atoms. The van der Waals surface area contributed by atoms with Gasteiger partial charge in [-0.1, -0.05) is 6.07 Å². The highest BCUT2D eigenvalue weighted by atomic mass is 16.5. The SMILES string of the molecule is COc1ccc(C)cc1NC(C)C(=O)Nc1ccc(NC(C)=O)cc1. The van der Waals surface area contributed by atoms with Crippen LogP contribution in [0.25, 0.3) is 0 Å². The summed E-state index contributed by atoms with van der Waals surface area (Å²) in [6, 6.07) is 12.2. The van der Waals surface area contributed by atoms with Gasteiger partial charge in [-0.3, -0.25) is 9.59 Å². The first-order valence-electron chi connectivity index (χ1n) is 7.98. The molecule has 0 heterocycles. The predicted molar refractivity (Wildman–Crippen MR) is 100 cm³/mol. The monoisotopic (exact) mass is 341 g/mol. The van der Waals surface area contributed by atoms with Gasteiger partial charge in [0.2, 0.25) is 11.8 Å². The summed E-state index contributed by atoms with van der Waals surface area (Å²) in [4.78, 5) is 23.4. The van der Waals surface area contributed by atoms with E-state index in [1.165, 1.54) is 6.92 Å². The molecule has 2 aromatic rings. The van der Waals surface area contributed by atoms with Crippen molar-refractivity contribution in [2.45, 2.75) is 26.8 Å². The molecule has 0 saturated carbocycles. The zero-order valence-electron chi connectivity index (χ0n) is 14.8. The Morgan fingerprint density at radius 3 is 2.16 bits per heavy atom. The lowest BCUT2D eigenvalue weighted by atomic mass is 10.2. The van der Waals surface area contributed by atoms with Crippen molar-refractivity contribution in [1.82, 2.24) is 0 Å². The number of carbonyl (C=O) groups is 2. The van der Waals surface area contributed by atoms with Crippen molar-refractivity contribution >= 4 is 28.9 Å². The Morgan fingerprint density at radius 2 is 1.60 bits per heavy atom. The second-order valence-corrected chi connectivity index (χ2v) is 5.82. The topological polar surface area (TPSA) is 79.5 Å². The Balaban J connectivity index is 2.00. The van der Waals surface area contributed by atoms with Crippen molar-refractivity contribution in [2.24, 2.45) is 0 Å². The van der Waals surface area contributed by atoms with Crippen molar-refractivity contribution in [3.63, 3.8) is 0 Å². The summed E-state index contributed by atoms with van der Waals surface area (Å²) in [6.07, 6.45) is 0. The van der Waals surface area contributed by atoms with Crippen LogP contribution >= 0.6 is 0 Å². The normalized spacial score (nSPS) is 11.4. The zero-order valence-corrected chi connectivity index (χ0v) is 14.8. The molecule has 2 rings (SSSR count). The van der Waals surface area contributed by atoms with Gasteiger partial charge in [0.05, 0.1) is 12.8 Å². The molecule has 3 N–H and O–H groups in total. The zero-order chi connectivity index (χ0) is 18.4. The molecule has 1 unspecified atom stereocenters. The standard InChI is InChI=1S/C19H23N3O3/c1-12-5-10-18(25-4)17(11-12)20-13(2)19(24)22-16-8-6-15(7-9-16)21-14(3)23/h5-11,13,20H,1-4H3,(H,21,23)(H,22,24). The summed E-state index contributed by atoms with van der Waals surface area (Å²) in [7, 11) is 1.59. The Kier molecular flexibility index (Phi) is 6.00. The molecule has 6 nitrogen and oxygen atoms in total. The van der Waals surface area contributed by atoms with Gasteiger partial charge in [-0.15, -0.1) is 0 Å². The molecule has 25 heavy (non-hydrogen) atoms. The van der Waals surface area contributed by atoms with E-state index in [2.05, 4.69) is 16.0 Å². The molecule has 132 valence electrons. The van der Waals surface area contributed by atoms with Gasteiger partial charge in [-0.2, -0.15) is 0 Å². The molecule has 2 aromatic carbocycles. The van der Waals surface area contributed by atoms with E-state index >= 15 is 0 Å². The van der Waals surface area contributed by atoms with Crippen molar-refractivity contribution in [2.75, 3.05) is 23.1 Å². The van der Waals surface area contributed by atoms with Crippen LogP contribution in [0, 0.1) is 6.92 Å². The molecule has 0 aliphatic heterocycles. The first-order valence-corrected chi connectivity index (χ1v) is 7.98. The third kappa shape index (κ3) is 5.24. The number of anilines is 3. The average Bonchev–Trinajstić information content (AvgIpc) is 2.56. The molecule has 6 heteroatoms. The molecule has 0 aliphatic rings. The van der Waals surface area contributed by atoms with Gasteiger partial charge in [-0.05, 0) is 55.8 Å². The highest BCUT2D eigenvalue weighted by Gasteiger charge is 2.15. The van der Waals surface area contributed by atoms with E-state index in [0.29, 0.717) is 17.1 Å². The van der Waals surface area contributed by atoms with Crippen LogP contribution in [0.1, 0.15) is 19.4 Å². The van der Waals surface area contributed by atoms with E-state index in [1.54, 1.807) is 38.3 Å². The van der Waals surface area contributed by atoms with E-state index in [9.17, 15) is 9.59 Å². The minimum absolute atomic E-state index is 0.137. The maximum absolute atomic E-state index is 12.4. The summed E-state index contributed by atoms with van der Waals surface area (Å²) >= 11 is 0. The van der Waals surface area contributed by atoms with E-state index < -0.39 is 6.04 Å². The van der Waals surface area contributed by atoms with Crippen LogP contribution in [0.15, 0.2) is 42.5 Å². The maximum Gasteiger partial charge on any atom is 0.246 e. The van der Waals surface area contributed by atoms with Gasteiger partial charge in [0.1, 0.15) is 11.8 Å². The fourth-order valence-electron chi connectivity index (χ4n) is 2.32. The predicted octanol–water partition coefficient (Wildman–Crippen LogP) is 3.40. The second kappa shape index (κ2) is 8.19. The van der Waals surface area contributed by atoms with Crippen LogP contribution in [-0.4, -0.2) is 25.0 Å². The number of aryl methyl sites for hydroxylation is 1. The molecule has 0 aliphatic carbocycles. The number of methoxy groups -OCH3 is 1. The average molecular weight is 341 g/mol. The van der Waals surface area contributed by atoms with Gasteiger partial charge in [0, 0.05) is 18.3 Å². The van der Waals surface area contributed by atoms with Crippen LogP contribution in [-0.2, 0) is 9.59 Å². The first-order chi connectivity index (χ1) is 11.9. The van der Waals surface area contributed by atoms with Crippen molar-refractivity contribution in [3.8, 4) is 5.75 Å². The molecular formula is C19H23N3O3. The molecule has 0 spiro atoms. The van der Waals surface area contributed by atoms with Crippen LogP contribution in [0.5, 0.6) is 5.75 Å². The number of hydrogen-bond acceptors (Lipinski definition) is 4. The molecule has 0 fully saturated rings. The lowest BCUT2D eigenvalue weighted by Crippen LogP contribution is -2.32. The van der Waals surface area contributed by atoms with E-state index in [-0.39, 0.29) is 11.8 Å². The Bertz CT molecular complexity index is 757. The molecule has 0 saturated heterocycles. The summed E-state index contributed by atoms with van der Waals surface area (Å²) in [5.74, 6) is 0.377. The third-order valence-corrected chi connectivity index (χ3v) is 3.59. The molecule has 1 atom stereocenters. The van der Waals surface area contributed by atoms with Gasteiger partial charge in [0.25, 0.3) is 0 Å². The smallest absolute Gasteiger partial charge is 0.246 e. The second-order valence-electron chi connectivity index (χ2n) is 5.82. The number of rotatable bonds is 6. The Morgan fingerprint density at radius 1 is 1.00 bits per heavy atom. The minimum Gasteiger partial charge on any atom is -0.495 e. The lowest BCUT2D eigenvalue weighted by molar-refractivity contribution is -0.116. The first kappa shape index (κ1) is 18.3. The van der Waals surface area contributed by atoms with Crippen molar-refractivity contribution < 1.29 is 14.3 Å². The summed E-state index contributed by atoms with van der Waals surface area (Å²) in [5.41, 5.74) is 3.18. The maximum atomic E-state index is 12.4. The van der Waals surface area contributed by atoms with E-state index in [1.807, 2.05) is 25.1 Å². The van der Waals surface area contributed by atoms with Crippen molar-refractivity contribution in [1.29, 1.82) is 0 Å². The molecular weight excluding hydrogens is 318 g/mol. The molecule has 0 radical (unpaired) electrons. The van der Waals surface area contributed by atoms with Crippen LogP contribution in [0.2, 0.25) is 0 Å². The Labute approximate surface area is 147 Å². The van der Waals surface area contributed by atoms with Gasteiger partial charge in [0.15, 0.2) is 0 Å². The summed E-state index contributed by atoms with van der Waals surface area (Å²) in [5, 5.41) is 8.69. The Hall–Kier alpha value is -3.02. The van der Waals surface area contributed by atoms with Crippen LogP contribution < -0.4 is 20.7 Å². The lowest BCUT2D eigenvalue weighted by Gasteiger charge is -2.18. The van der Waals surface area contributed by atoms with E-state index in [0.717, 1.165) is 11.3 Å². The number of benzene rings is 2. The fraction of sp³-hybridized carbons (Fsp3) is 0.263. The number of nitrogens with one attached hydrogen (secondary N) is 3. The van der Waals surface area contributed by atoms with Crippen LogP contribution in [0.3, 0.4) is 0 Å². The van der Waals surface area contributed by atoms with Gasteiger partial charge < -0.3 is 20.7 Å². The van der Waals surface area contributed by atoms with Gasteiger partial charge in [-0.25, -0.2) is 0 Å². The number of ether oxygens (including phenoxy) is 1. The molecule has 2 amide bonds. The van der Waals surface area contributed by atoms with Crippen molar-refractivity contribution in [3.05, 3.63) is 48.0 Å². The third-order valence-electron chi connectivity index (χ3n) is 3.59. The number of amides is 2. The fourth-order valence-corrected chi connectivity index (χ4v) is 2.32. The summed E-state index contributed by atoms with van der Waals surface area (Å²) < 4.78 is 5.32. The largest absolute Gasteiger partial charge is 0.495 e. The highest BCUT2D eigenvalue weighted by Crippen LogP contribution is 2.26. The van der Waals surface area contributed by atoms with Crippen LogP contribution in [0.4, 0.5) is 17.1 Å². The summed E-state index contributed by atoms with van der Waals surface area (Å²) in [6.45, 7) is 5.21. The quantitative estimate of drug-likeness (QED) is 0.752. The number of carbonyl (C=O) groups excluding carboxylic acids is 2.